The highest BCUT2D eigenvalue weighted by molar-refractivity contribution is 5.11. The third-order valence-electron chi connectivity index (χ3n) is 2.79. The van der Waals surface area contributed by atoms with Crippen molar-refractivity contribution in [1.82, 2.24) is 4.57 Å². The third kappa shape index (κ3) is 1.67. The van der Waals surface area contributed by atoms with E-state index in [0.29, 0.717) is 5.41 Å². The van der Waals surface area contributed by atoms with Crippen LogP contribution in [0.5, 0.6) is 0 Å². The van der Waals surface area contributed by atoms with Crippen LogP contribution in [0.25, 0.3) is 0 Å². The molecule has 0 spiro atoms. The number of pyridine rings is 1. The molecule has 13 heavy (non-hydrogen) atoms. The van der Waals surface area contributed by atoms with Crippen LogP contribution in [-0.4, -0.2) is 4.57 Å². The Labute approximate surface area is 78.2 Å². The molecule has 2 nitrogen and oxygen atoms in total. The fourth-order valence-corrected chi connectivity index (χ4v) is 1.93. The summed E-state index contributed by atoms with van der Waals surface area (Å²) in [5, 5.41) is 0. The first kappa shape index (κ1) is 8.54. The summed E-state index contributed by atoms with van der Waals surface area (Å²) in [6.45, 7) is 5.56. The SMILES string of the molecule is CC1(C)CCn2ccc(=O)cc2C1. The third-order valence-corrected chi connectivity index (χ3v) is 2.79. The Morgan fingerprint density at radius 1 is 1.46 bits per heavy atom. The summed E-state index contributed by atoms with van der Waals surface area (Å²) in [6, 6.07) is 3.41. The molecule has 0 bridgehead atoms. The molecule has 0 radical (unpaired) electrons. The maximum Gasteiger partial charge on any atom is 0.181 e. The van der Waals surface area contributed by atoms with Gasteiger partial charge >= 0.3 is 0 Å². The molecule has 1 aliphatic rings. The minimum Gasteiger partial charge on any atom is -0.351 e. The van der Waals surface area contributed by atoms with Gasteiger partial charge in [-0.3, -0.25) is 4.79 Å². The highest BCUT2D eigenvalue weighted by Gasteiger charge is 2.24. The first-order chi connectivity index (χ1) is 6.07. The van der Waals surface area contributed by atoms with Crippen LogP contribution >= 0.6 is 0 Å². The quantitative estimate of drug-likeness (QED) is 0.592. The molecule has 1 aromatic heterocycles. The predicted octanol–water partition coefficient (Wildman–Crippen LogP) is 1.82. The Kier molecular flexibility index (Phi) is 1.79. The van der Waals surface area contributed by atoms with Crippen LogP contribution in [-0.2, 0) is 13.0 Å². The van der Waals surface area contributed by atoms with Gasteiger partial charge in [0.25, 0.3) is 0 Å². The predicted molar refractivity (Wildman–Crippen MR) is 52.8 cm³/mol. The van der Waals surface area contributed by atoms with Gasteiger partial charge < -0.3 is 4.57 Å². The molecule has 2 heterocycles. The summed E-state index contributed by atoms with van der Waals surface area (Å²) in [5.41, 5.74) is 1.67. The van der Waals surface area contributed by atoms with Gasteiger partial charge in [-0.25, -0.2) is 0 Å². The van der Waals surface area contributed by atoms with Crippen LogP contribution in [0.15, 0.2) is 23.1 Å². The standard InChI is InChI=1S/C11H15NO/c1-11(2)4-6-12-5-3-10(13)7-9(12)8-11/h3,5,7H,4,6,8H2,1-2H3. The average molecular weight is 177 g/mol. The number of nitrogens with zero attached hydrogens (tertiary/aromatic N) is 1. The topological polar surface area (TPSA) is 22.0 Å². The van der Waals surface area contributed by atoms with Crippen molar-refractivity contribution in [3.05, 3.63) is 34.2 Å². The van der Waals surface area contributed by atoms with Gasteiger partial charge in [0.1, 0.15) is 0 Å². The molecular formula is C11H15NO. The van der Waals surface area contributed by atoms with E-state index in [1.54, 1.807) is 12.1 Å². The smallest absolute Gasteiger partial charge is 0.181 e. The second kappa shape index (κ2) is 2.72. The lowest BCUT2D eigenvalue weighted by Gasteiger charge is -2.32. The number of rotatable bonds is 0. The van der Waals surface area contributed by atoms with Crippen molar-refractivity contribution in [1.29, 1.82) is 0 Å². The van der Waals surface area contributed by atoms with E-state index in [1.165, 1.54) is 12.1 Å². The molecule has 0 unspecified atom stereocenters. The van der Waals surface area contributed by atoms with Gasteiger partial charge in [0.15, 0.2) is 5.43 Å². The summed E-state index contributed by atoms with van der Waals surface area (Å²) in [5.74, 6) is 0. The van der Waals surface area contributed by atoms with E-state index < -0.39 is 0 Å². The number of fused-ring (bicyclic) bond motifs is 1. The number of hydrogen-bond donors (Lipinski definition) is 0. The zero-order valence-electron chi connectivity index (χ0n) is 8.21. The first-order valence-corrected chi connectivity index (χ1v) is 4.76. The van der Waals surface area contributed by atoms with E-state index in [-0.39, 0.29) is 5.43 Å². The van der Waals surface area contributed by atoms with Crippen LogP contribution in [0.4, 0.5) is 0 Å². The molecule has 0 fully saturated rings. The summed E-state index contributed by atoms with van der Waals surface area (Å²) in [7, 11) is 0. The lowest BCUT2D eigenvalue weighted by Crippen LogP contribution is -2.28. The molecule has 0 atom stereocenters. The van der Waals surface area contributed by atoms with Crippen molar-refractivity contribution in [2.45, 2.75) is 33.2 Å². The second-order valence-electron chi connectivity index (χ2n) is 4.64. The second-order valence-corrected chi connectivity index (χ2v) is 4.64. The summed E-state index contributed by atoms with van der Waals surface area (Å²) in [4.78, 5) is 11.1. The minimum atomic E-state index is 0.129. The maximum atomic E-state index is 11.1. The van der Waals surface area contributed by atoms with E-state index in [9.17, 15) is 4.79 Å². The highest BCUT2D eigenvalue weighted by Crippen LogP contribution is 2.30. The van der Waals surface area contributed by atoms with Crippen LogP contribution < -0.4 is 5.43 Å². The largest absolute Gasteiger partial charge is 0.351 e. The van der Waals surface area contributed by atoms with Gasteiger partial charge in [0.2, 0.25) is 0 Å². The van der Waals surface area contributed by atoms with E-state index in [1.807, 2.05) is 6.20 Å². The Morgan fingerprint density at radius 2 is 2.23 bits per heavy atom. The lowest BCUT2D eigenvalue weighted by molar-refractivity contribution is 0.269. The molecule has 0 aliphatic carbocycles. The van der Waals surface area contributed by atoms with Crippen molar-refractivity contribution >= 4 is 0 Å². The van der Waals surface area contributed by atoms with E-state index in [4.69, 9.17) is 0 Å². The van der Waals surface area contributed by atoms with Crippen LogP contribution in [0, 0.1) is 5.41 Å². The van der Waals surface area contributed by atoms with Gasteiger partial charge in [-0.05, 0) is 18.3 Å². The van der Waals surface area contributed by atoms with Crippen LogP contribution in [0.1, 0.15) is 26.0 Å². The van der Waals surface area contributed by atoms with Crippen molar-refractivity contribution in [2.24, 2.45) is 5.41 Å². The van der Waals surface area contributed by atoms with Crippen molar-refractivity contribution in [3.63, 3.8) is 0 Å². The fourth-order valence-electron chi connectivity index (χ4n) is 1.93. The Hall–Kier alpha value is -1.05. The number of hydrogen-bond acceptors (Lipinski definition) is 1. The summed E-state index contributed by atoms with van der Waals surface area (Å²) in [6.07, 6.45) is 4.12. The van der Waals surface area contributed by atoms with Gasteiger partial charge in [0, 0.05) is 30.6 Å². The zero-order valence-corrected chi connectivity index (χ0v) is 8.21. The van der Waals surface area contributed by atoms with E-state index in [0.717, 1.165) is 13.0 Å². The monoisotopic (exact) mass is 177 g/mol. The summed E-state index contributed by atoms with van der Waals surface area (Å²) < 4.78 is 2.19. The van der Waals surface area contributed by atoms with Crippen molar-refractivity contribution < 1.29 is 0 Å². The zero-order chi connectivity index (χ0) is 9.47. The summed E-state index contributed by atoms with van der Waals surface area (Å²) >= 11 is 0. The fraction of sp³-hybridized carbons (Fsp3) is 0.545. The van der Waals surface area contributed by atoms with E-state index >= 15 is 0 Å². The van der Waals surface area contributed by atoms with Gasteiger partial charge in [-0.1, -0.05) is 13.8 Å². The average Bonchev–Trinajstić information content (AvgIpc) is 2.01. The molecule has 0 aromatic carbocycles. The van der Waals surface area contributed by atoms with E-state index in [2.05, 4.69) is 18.4 Å². The highest BCUT2D eigenvalue weighted by atomic mass is 16.1. The van der Waals surface area contributed by atoms with Crippen LogP contribution in [0.2, 0.25) is 0 Å². The molecule has 1 aromatic rings. The maximum absolute atomic E-state index is 11.1. The molecular weight excluding hydrogens is 162 g/mol. The van der Waals surface area contributed by atoms with Gasteiger partial charge in [-0.2, -0.15) is 0 Å². The lowest BCUT2D eigenvalue weighted by atomic mass is 9.82. The normalized spacial score (nSPS) is 19.5. The van der Waals surface area contributed by atoms with Crippen LogP contribution in [0.3, 0.4) is 0 Å². The Morgan fingerprint density at radius 3 is 3.00 bits per heavy atom. The molecule has 2 heteroatoms. The van der Waals surface area contributed by atoms with Crippen molar-refractivity contribution in [2.75, 3.05) is 0 Å². The number of aryl methyl sites for hydroxylation is 1. The molecule has 1 aliphatic heterocycles. The molecule has 0 saturated carbocycles. The first-order valence-electron chi connectivity index (χ1n) is 4.76. The molecule has 0 amide bonds. The molecule has 70 valence electrons. The minimum absolute atomic E-state index is 0.129. The molecule has 0 N–H and O–H groups in total. The Balaban J connectivity index is 2.44. The molecule has 2 rings (SSSR count). The van der Waals surface area contributed by atoms with Gasteiger partial charge in [-0.15, -0.1) is 0 Å². The Bertz CT molecular complexity index is 376. The van der Waals surface area contributed by atoms with Gasteiger partial charge in [0.05, 0.1) is 0 Å². The number of aromatic nitrogens is 1. The molecule has 0 saturated heterocycles. The van der Waals surface area contributed by atoms with Crippen molar-refractivity contribution in [3.8, 4) is 0 Å².